The van der Waals surface area contributed by atoms with Gasteiger partial charge in [-0.1, -0.05) is 18.2 Å². The molecule has 4 rings (SSSR count). The predicted octanol–water partition coefficient (Wildman–Crippen LogP) is 4.91. The summed E-state index contributed by atoms with van der Waals surface area (Å²) < 4.78 is 12.1. The van der Waals surface area contributed by atoms with Crippen LogP contribution in [-0.4, -0.2) is 11.9 Å². The number of hydrogen-bond donors (Lipinski definition) is 0. The molecule has 1 saturated carbocycles. The molecule has 2 aromatic rings. The molecule has 0 aromatic heterocycles. The maximum atomic E-state index is 11.5. The normalized spacial score (nSPS) is 22.0. The number of carbonyl (C=O) groups is 1. The molecular weight excluding hydrogens is 300 g/mol. The number of rotatable bonds is 3. The maximum absolute atomic E-state index is 11.5. The van der Waals surface area contributed by atoms with Crippen molar-refractivity contribution in [1.82, 2.24) is 0 Å². The fraction of sp³-hybridized carbons (Fsp3) is 0.381. The van der Waals surface area contributed by atoms with Gasteiger partial charge in [0.05, 0.1) is 6.10 Å². The minimum Gasteiger partial charge on any atom is -0.490 e. The Hall–Kier alpha value is -2.29. The van der Waals surface area contributed by atoms with Crippen molar-refractivity contribution in [3.63, 3.8) is 0 Å². The van der Waals surface area contributed by atoms with Gasteiger partial charge in [-0.3, -0.25) is 4.79 Å². The Bertz CT molecular complexity index is 757. The molecule has 1 aliphatic carbocycles. The number of fused-ring (bicyclic) bond motifs is 2. The third-order valence-electron chi connectivity index (χ3n) is 5.16. The van der Waals surface area contributed by atoms with Crippen molar-refractivity contribution in [3.05, 3.63) is 53.6 Å². The second kappa shape index (κ2) is 6.31. The Morgan fingerprint density at radius 1 is 1.00 bits per heavy atom. The summed E-state index contributed by atoms with van der Waals surface area (Å²) in [5.41, 5.74) is 2.38. The average Bonchev–Trinajstić information content (AvgIpc) is 2.60. The van der Waals surface area contributed by atoms with Gasteiger partial charge in [-0.15, -0.1) is 0 Å². The van der Waals surface area contributed by atoms with E-state index in [0.29, 0.717) is 5.78 Å². The van der Waals surface area contributed by atoms with Crippen LogP contribution >= 0.6 is 0 Å². The molecule has 24 heavy (non-hydrogen) atoms. The van der Waals surface area contributed by atoms with Crippen LogP contribution in [0.3, 0.4) is 0 Å². The molecule has 0 amide bonds. The third kappa shape index (κ3) is 3.03. The zero-order valence-corrected chi connectivity index (χ0v) is 14.0. The molecule has 3 nitrogen and oxygen atoms in total. The Labute approximate surface area is 142 Å². The lowest BCUT2D eigenvalue weighted by atomic mass is 9.85. The summed E-state index contributed by atoms with van der Waals surface area (Å²) in [4.78, 5) is 11.5. The third-order valence-corrected chi connectivity index (χ3v) is 5.16. The predicted molar refractivity (Wildman–Crippen MR) is 92.8 cm³/mol. The zero-order valence-electron chi connectivity index (χ0n) is 14.0. The lowest BCUT2D eigenvalue weighted by molar-refractivity contribution is -0.122. The number of hydrogen-bond acceptors (Lipinski definition) is 3. The van der Waals surface area contributed by atoms with Crippen LogP contribution in [0.2, 0.25) is 0 Å². The van der Waals surface area contributed by atoms with Crippen molar-refractivity contribution in [3.8, 4) is 17.2 Å². The van der Waals surface area contributed by atoms with Crippen LogP contribution in [0.15, 0.2) is 42.5 Å². The van der Waals surface area contributed by atoms with E-state index in [-0.39, 0.29) is 12.0 Å². The average molecular weight is 322 g/mol. The van der Waals surface area contributed by atoms with Gasteiger partial charge < -0.3 is 9.47 Å². The molecule has 0 unspecified atom stereocenters. The molecule has 124 valence electrons. The highest BCUT2D eigenvalue weighted by molar-refractivity contribution is 5.78. The van der Waals surface area contributed by atoms with Gasteiger partial charge in [0.15, 0.2) is 0 Å². The first-order valence-corrected chi connectivity index (χ1v) is 8.75. The number of ether oxygens (including phenoxy) is 2. The summed E-state index contributed by atoms with van der Waals surface area (Å²) in [7, 11) is 0. The van der Waals surface area contributed by atoms with Crippen molar-refractivity contribution >= 4 is 5.78 Å². The molecule has 3 heteroatoms. The monoisotopic (exact) mass is 322 g/mol. The standard InChI is InChI=1S/C21H22O3/c1-14(22)15-6-8-18(9-7-15)23-19-10-11-21-17(13-19)12-16-4-2-3-5-20(16)24-21/h2-5,10-11,13,15,18H,6-9,12H2,1H3. The molecular formula is C21H22O3. The Kier molecular flexibility index (Phi) is 4.01. The maximum Gasteiger partial charge on any atom is 0.132 e. The summed E-state index contributed by atoms with van der Waals surface area (Å²) in [6.07, 6.45) is 4.90. The van der Waals surface area contributed by atoms with E-state index in [1.54, 1.807) is 6.92 Å². The molecule has 1 fully saturated rings. The van der Waals surface area contributed by atoms with Crippen molar-refractivity contribution in [2.75, 3.05) is 0 Å². The van der Waals surface area contributed by atoms with Crippen LogP contribution in [0, 0.1) is 5.92 Å². The van der Waals surface area contributed by atoms with E-state index < -0.39 is 0 Å². The molecule has 1 aliphatic heterocycles. The molecule has 0 spiro atoms. The van der Waals surface area contributed by atoms with E-state index in [1.807, 2.05) is 30.3 Å². The van der Waals surface area contributed by atoms with Gasteiger partial charge in [0, 0.05) is 17.9 Å². The van der Waals surface area contributed by atoms with Crippen LogP contribution < -0.4 is 9.47 Å². The minimum atomic E-state index is 0.218. The van der Waals surface area contributed by atoms with Gasteiger partial charge >= 0.3 is 0 Å². The first kappa shape index (κ1) is 15.3. The van der Waals surface area contributed by atoms with Gasteiger partial charge in [-0.25, -0.2) is 0 Å². The van der Waals surface area contributed by atoms with Crippen LogP contribution in [0.5, 0.6) is 17.2 Å². The van der Waals surface area contributed by atoms with E-state index in [1.165, 1.54) is 11.1 Å². The first-order chi connectivity index (χ1) is 11.7. The number of ketones is 1. The summed E-state index contributed by atoms with van der Waals surface area (Å²) >= 11 is 0. The largest absolute Gasteiger partial charge is 0.490 e. The molecule has 0 N–H and O–H groups in total. The van der Waals surface area contributed by atoms with E-state index in [9.17, 15) is 4.79 Å². The van der Waals surface area contributed by atoms with Gasteiger partial charge in [-0.2, -0.15) is 0 Å². The van der Waals surface area contributed by atoms with Crippen LogP contribution in [-0.2, 0) is 11.2 Å². The van der Waals surface area contributed by atoms with E-state index in [4.69, 9.17) is 9.47 Å². The van der Waals surface area contributed by atoms with Crippen molar-refractivity contribution in [2.24, 2.45) is 5.92 Å². The van der Waals surface area contributed by atoms with Gasteiger partial charge in [0.2, 0.25) is 0 Å². The first-order valence-electron chi connectivity index (χ1n) is 8.75. The lowest BCUT2D eigenvalue weighted by Gasteiger charge is -2.28. The van der Waals surface area contributed by atoms with Gasteiger partial charge in [-0.05, 0) is 62.4 Å². The number of benzene rings is 2. The summed E-state index contributed by atoms with van der Waals surface area (Å²) in [6, 6.07) is 14.2. The summed E-state index contributed by atoms with van der Waals surface area (Å²) in [5, 5.41) is 0. The highest BCUT2D eigenvalue weighted by atomic mass is 16.5. The fourth-order valence-corrected chi connectivity index (χ4v) is 3.72. The topological polar surface area (TPSA) is 35.5 Å². The molecule has 0 saturated heterocycles. The highest BCUT2D eigenvalue weighted by Crippen LogP contribution is 2.38. The quantitative estimate of drug-likeness (QED) is 0.687. The summed E-state index contributed by atoms with van der Waals surface area (Å²) in [6.45, 7) is 1.70. The molecule has 2 aromatic carbocycles. The fourth-order valence-electron chi connectivity index (χ4n) is 3.72. The van der Waals surface area contributed by atoms with Crippen LogP contribution in [0.4, 0.5) is 0 Å². The van der Waals surface area contributed by atoms with Crippen molar-refractivity contribution in [2.45, 2.75) is 45.1 Å². The Morgan fingerprint density at radius 3 is 2.54 bits per heavy atom. The van der Waals surface area contributed by atoms with Crippen LogP contribution in [0.25, 0.3) is 0 Å². The molecule has 2 aliphatic rings. The van der Waals surface area contributed by atoms with E-state index in [0.717, 1.165) is 49.4 Å². The minimum absolute atomic E-state index is 0.218. The highest BCUT2D eigenvalue weighted by Gasteiger charge is 2.25. The number of para-hydroxylation sites is 1. The lowest BCUT2D eigenvalue weighted by Crippen LogP contribution is -2.27. The molecule has 0 atom stereocenters. The van der Waals surface area contributed by atoms with Gasteiger partial charge in [0.1, 0.15) is 23.0 Å². The molecule has 0 radical (unpaired) electrons. The number of carbonyl (C=O) groups excluding carboxylic acids is 1. The van der Waals surface area contributed by atoms with Gasteiger partial charge in [0.25, 0.3) is 0 Å². The second-order valence-electron chi connectivity index (χ2n) is 6.86. The summed E-state index contributed by atoms with van der Waals surface area (Å²) in [5.74, 6) is 3.32. The second-order valence-corrected chi connectivity index (χ2v) is 6.86. The van der Waals surface area contributed by atoms with Crippen LogP contribution in [0.1, 0.15) is 43.7 Å². The van der Waals surface area contributed by atoms with Crippen molar-refractivity contribution in [1.29, 1.82) is 0 Å². The Balaban J connectivity index is 1.45. The molecule has 1 heterocycles. The smallest absolute Gasteiger partial charge is 0.132 e. The van der Waals surface area contributed by atoms with E-state index in [2.05, 4.69) is 12.1 Å². The number of Topliss-reactive ketones (excluding diaryl/α,β-unsaturated/α-hetero) is 1. The van der Waals surface area contributed by atoms with Crippen molar-refractivity contribution < 1.29 is 14.3 Å². The molecule has 0 bridgehead atoms. The van der Waals surface area contributed by atoms with E-state index >= 15 is 0 Å². The zero-order chi connectivity index (χ0) is 16.5. The Morgan fingerprint density at radius 2 is 1.75 bits per heavy atom. The SMILES string of the molecule is CC(=O)C1CCC(Oc2ccc3c(c2)Cc2ccccc2O3)CC1.